The van der Waals surface area contributed by atoms with Crippen molar-refractivity contribution in [2.24, 2.45) is 16.8 Å². The fraction of sp³-hybridized carbons (Fsp3) is 0.947. The molecule has 2 aliphatic heterocycles. The van der Waals surface area contributed by atoms with E-state index in [1.807, 2.05) is 0 Å². The number of nitrogens with zero attached hydrogens (tertiary/aromatic N) is 3. The highest BCUT2D eigenvalue weighted by atomic mass is 127. The second-order valence-corrected chi connectivity index (χ2v) is 8.01. The molecule has 2 N–H and O–H groups in total. The number of nitrogens with one attached hydrogen (secondary N) is 2. The van der Waals surface area contributed by atoms with Crippen LogP contribution in [0.3, 0.4) is 0 Å². The molecule has 0 aliphatic carbocycles. The van der Waals surface area contributed by atoms with E-state index in [1.165, 1.54) is 6.54 Å². The Labute approximate surface area is 177 Å². The topological polar surface area (TPSA) is 52.1 Å². The molecule has 0 bridgehead atoms. The monoisotopic (exact) mass is 481 g/mol. The largest absolute Gasteiger partial charge is 0.379 e. The minimum absolute atomic E-state index is 0. The number of ether oxygens (including phenoxy) is 1. The van der Waals surface area contributed by atoms with Crippen molar-refractivity contribution in [3.8, 4) is 0 Å². The van der Waals surface area contributed by atoms with Crippen LogP contribution in [0.1, 0.15) is 34.6 Å². The summed E-state index contributed by atoms with van der Waals surface area (Å²) in [6.07, 6.45) is 0. The van der Waals surface area contributed by atoms with Gasteiger partial charge < -0.3 is 15.4 Å². The number of likely N-dealkylation sites (tertiary alicyclic amines) is 1. The molecule has 3 unspecified atom stereocenters. The highest BCUT2D eigenvalue weighted by Gasteiger charge is 2.31. The zero-order chi connectivity index (χ0) is 18.2. The quantitative estimate of drug-likeness (QED) is 0.330. The number of morpholine rings is 1. The van der Waals surface area contributed by atoms with E-state index in [4.69, 9.17) is 9.73 Å². The smallest absolute Gasteiger partial charge is 0.191 e. The van der Waals surface area contributed by atoms with Crippen LogP contribution in [0.25, 0.3) is 0 Å². The second-order valence-electron chi connectivity index (χ2n) is 8.01. The minimum atomic E-state index is 0. The summed E-state index contributed by atoms with van der Waals surface area (Å²) in [4.78, 5) is 9.90. The van der Waals surface area contributed by atoms with Gasteiger partial charge in [0.05, 0.1) is 13.2 Å². The molecule has 0 radical (unpaired) electrons. The summed E-state index contributed by atoms with van der Waals surface area (Å²) >= 11 is 0. The van der Waals surface area contributed by atoms with Crippen molar-refractivity contribution in [3.63, 3.8) is 0 Å². The Morgan fingerprint density at radius 3 is 2.46 bits per heavy atom. The third-order valence-electron chi connectivity index (χ3n) is 5.27. The predicted octanol–water partition coefficient (Wildman–Crippen LogP) is 1.86. The molecule has 26 heavy (non-hydrogen) atoms. The summed E-state index contributed by atoms with van der Waals surface area (Å²) in [6.45, 7) is 20.3. The van der Waals surface area contributed by atoms with Crippen molar-refractivity contribution in [1.82, 2.24) is 20.4 Å². The third-order valence-corrected chi connectivity index (χ3v) is 5.27. The maximum Gasteiger partial charge on any atom is 0.191 e. The molecule has 2 fully saturated rings. The van der Waals surface area contributed by atoms with Gasteiger partial charge in [-0.25, -0.2) is 0 Å². The number of hydrogen-bond acceptors (Lipinski definition) is 4. The average molecular weight is 481 g/mol. The molecule has 2 saturated heterocycles. The first-order chi connectivity index (χ1) is 12.0. The van der Waals surface area contributed by atoms with Gasteiger partial charge in [0.1, 0.15) is 0 Å². The maximum absolute atomic E-state index is 5.43. The summed E-state index contributed by atoms with van der Waals surface area (Å²) in [5.41, 5.74) is 0. The van der Waals surface area contributed by atoms with Gasteiger partial charge in [0.15, 0.2) is 5.96 Å². The van der Waals surface area contributed by atoms with E-state index in [2.05, 4.69) is 55.1 Å². The summed E-state index contributed by atoms with van der Waals surface area (Å²) < 4.78 is 5.43. The molecular formula is C19H40IN5O. The molecular weight excluding hydrogens is 441 g/mol. The Bertz CT molecular complexity index is 415. The van der Waals surface area contributed by atoms with Crippen LogP contribution in [-0.4, -0.2) is 86.9 Å². The maximum atomic E-state index is 5.43. The average Bonchev–Trinajstić information content (AvgIpc) is 2.95. The molecule has 0 spiro atoms. The summed E-state index contributed by atoms with van der Waals surface area (Å²) in [5, 5.41) is 7.09. The zero-order valence-electron chi connectivity index (χ0n) is 17.3. The van der Waals surface area contributed by atoms with Crippen LogP contribution < -0.4 is 10.6 Å². The Balaban J connectivity index is 0.00000338. The van der Waals surface area contributed by atoms with Gasteiger partial charge in [0, 0.05) is 57.9 Å². The summed E-state index contributed by atoms with van der Waals surface area (Å²) in [6, 6.07) is 1.09. The van der Waals surface area contributed by atoms with Crippen LogP contribution >= 0.6 is 24.0 Å². The van der Waals surface area contributed by atoms with Crippen LogP contribution in [0.5, 0.6) is 0 Å². The first kappa shape index (κ1) is 23.9. The zero-order valence-corrected chi connectivity index (χ0v) is 19.7. The third kappa shape index (κ3) is 7.86. The lowest BCUT2D eigenvalue weighted by Gasteiger charge is -2.28. The van der Waals surface area contributed by atoms with E-state index in [0.29, 0.717) is 23.9 Å². The van der Waals surface area contributed by atoms with Gasteiger partial charge >= 0.3 is 0 Å². The van der Waals surface area contributed by atoms with Gasteiger partial charge in [0.25, 0.3) is 0 Å². The second kappa shape index (κ2) is 12.4. The molecule has 154 valence electrons. The first-order valence-corrected chi connectivity index (χ1v) is 10.1. The van der Waals surface area contributed by atoms with E-state index < -0.39 is 0 Å². The first-order valence-electron chi connectivity index (χ1n) is 10.1. The van der Waals surface area contributed by atoms with Gasteiger partial charge in [-0.05, 0) is 32.6 Å². The lowest BCUT2D eigenvalue weighted by atomic mass is 10.1. The Hall–Kier alpha value is -0.120. The molecule has 0 amide bonds. The van der Waals surface area contributed by atoms with Gasteiger partial charge in [-0.15, -0.1) is 24.0 Å². The van der Waals surface area contributed by atoms with Gasteiger partial charge in [-0.1, -0.05) is 13.8 Å². The van der Waals surface area contributed by atoms with Crippen molar-refractivity contribution < 1.29 is 4.74 Å². The van der Waals surface area contributed by atoms with E-state index in [9.17, 15) is 0 Å². The Kier molecular flexibility index (Phi) is 11.4. The highest BCUT2D eigenvalue weighted by Crippen LogP contribution is 2.18. The molecule has 6 nitrogen and oxygen atoms in total. The fourth-order valence-electron chi connectivity index (χ4n) is 3.64. The predicted molar refractivity (Wildman–Crippen MR) is 121 cm³/mol. The van der Waals surface area contributed by atoms with Crippen molar-refractivity contribution in [3.05, 3.63) is 0 Å². The van der Waals surface area contributed by atoms with Crippen molar-refractivity contribution >= 4 is 29.9 Å². The molecule has 0 aromatic rings. The van der Waals surface area contributed by atoms with Crippen LogP contribution in [0, 0.1) is 11.8 Å². The molecule has 2 heterocycles. The molecule has 7 heteroatoms. The minimum Gasteiger partial charge on any atom is -0.379 e. The Morgan fingerprint density at radius 2 is 1.88 bits per heavy atom. The van der Waals surface area contributed by atoms with Crippen LogP contribution in [-0.2, 0) is 4.74 Å². The lowest BCUT2D eigenvalue weighted by molar-refractivity contribution is 0.0323. The van der Waals surface area contributed by atoms with Crippen LogP contribution in [0.4, 0.5) is 0 Å². The van der Waals surface area contributed by atoms with E-state index in [-0.39, 0.29) is 24.0 Å². The van der Waals surface area contributed by atoms with Gasteiger partial charge in [-0.3, -0.25) is 14.8 Å². The standard InChI is InChI=1S/C19H39N5O.HI/c1-6-20-19(22-18-14-24(15(2)3)13-17(18)5)21-11-16(4)12-23-7-9-25-10-8-23;/h15-18H,6-14H2,1-5H3,(H2,20,21,22);1H. The molecule has 2 aliphatic rings. The molecule has 3 atom stereocenters. The SMILES string of the molecule is CCNC(=NCC(C)CN1CCOCC1)NC1CN(C(C)C)CC1C.I. The highest BCUT2D eigenvalue weighted by molar-refractivity contribution is 14.0. The molecule has 2 rings (SSSR count). The molecule has 0 aromatic heterocycles. The molecule has 0 saturated carbocycles. The number of aliphatic imine (C=N–C) groups is 1. The molecule has 0 aromatic carbocycles. The van der Waals surface area contributed by atoms with Crippen molar-refractivity contribution in [2.45, 2.75) is 46.7 Å². The normalized spacial score (nSPS) is 26.6. The van der Waals surface area contributed by atoms with Gasteiger partial charge in [0.2, 0.25) is 0 Å². The van der Waals surface area contributed by atoms with E-state index >= 15 is 0 Å². The number of rotatable bonds is 7. The number of guanidine groups is 1. The van der Waals surface area contributed by atoms with Crippen LogP contribution in [0.2, 0.25) is 0 Å². The Morgan fingerprint density at radius 1 is 1.19 bits per heavy atom. The van der Waals surface area contributed by atoms with Gasteiger partial charge in [-0.2, -0.15) is 0 Å². The van der Waals surface area contributed by atoms with Crippen molar-refractivity contribution in [1.29, 1.82) is 0 Å². The van der Waals surface area contributed by atoms with E-state index in [1.54, 1.807) is 0 Å². The van der Waals surface area contributed by atoms with E-state index in [0.717, 1.165) is 58.4 Å². The number of hydrogen-bond donors (Lipinski definition) is 2. The lowest BCUT2D eigenvalue weighted by Crippen LogP contribution is -2.47. The summed E-state index contributed by atoms with van der Waals surface area (Å²) in [5.74, 6) is 2.18. The number of halogens is 1. The van der Waals surface area contributed by atoms with Crippen molar-refractivity contribution in [2.75, 3.05) is 59.0 Å². The van der Waals surface area contributed by atoms with Crippen LogP contribution in [0.15, 0.2) is 4.99 Å². The fourth-order valence-corrected chi connectivity index (χ4v) is 3.64. The summed E-state index contributed by atoms with van der Waals surface area (Å²) in [7, 11) is 0.